The van der Waals surface area contributed by atoms with Crippen LogP contribution in [0.2, 0.25) is 5.02 Å². The minimum Gasteiger partial charge on any atom is -0.491 e. The first-order valence-electron chi connectivity index (χ1n) is 14.5. The van der Waals surface area contributed by atoms with Crippen molar-refractivity contribution in [3.8, 4) is 28.4 Å². The van der Waals surface area contributed by atoms with Crippen molar-refractivity contribution in [2.45, 2.75) is 65.5 Å². The third kappa shape index (κ3) is 6.61. The lowest BCUT2D eigenvalue weighted by molar-refractivity contribution is 0.0872. The smallest absolute Gasteiger partial charge is 0.163 e. The molecule has 5 rings (SSSR count). The number of aliphatic imine (C=N–C) groups is 1. The second kappa shape index (κ2) is 13.2. The number of nitrogens with zero attached hydrogens (tertiary/aromatic N) is 5. The molecule has 0 aliphatic carbocycles. The summed E-state index contributed by atoms with van der Waals surface area (Å²) in [5.41, 5.74) is 12.1. The normalized spacial score (nSPS) is 17.0. The summed E-state index contributed by atoms with van der Waals surface area (Å²) in [5.74, 6) is 2.43. The zero-order valence-electron chi connectivity index (χ0n) is 24.7. The lowest BCUT2D eigenvalue weighted by Gasteiger charge is -2.22. The third-order valence-electron chi connectivity index (χ3n) is 7.70. The summed E-state index contributed by atoms with van der Waals surface area (Å²) in [6.45, 7) is 10.6. The molecule has 1 saturated heterocycles. The Morgan fingerprint density at radius 3 is 2.71 bits per heavy atom. The van der Waals surface area contributed by atoms with Crippen molar-refractivity contribution in [3.05, 3.63) is 51.5 Å². The molecule has 0 amide bonds. The first-order valence-corrected chi connectivity index (χ1v) is 14.9. The van der Waals surface area contributed by atoms with Crippen LogP contribution >= 0.6 is 11.6 Å². The van der Waals surface area contributed by atoms with Gasteiger partial charge in [-0.3, -0.25) is 4.99 Å². The molecule has 3 N–H and O–H groups in total. The van der Waals surface area contributed by atoms with E-state index in [1.807, 2.05) is 40.0 Å². The van der Waals surface area contributed by atoms with E-state index in [0.29, 0.717) is 47.4 Å². The van der Waals surface area contributed by atoms with Crippen LogP contribution in [0.5, 0.6) is 5.75 Å². The lowest BCUT2D eigenvalue weighted by Crippen LogP contribution is -2.25. The average molecular weight is 595 g/mol. The molecule has 0 unspecified atom stereocenters. The minimum absolute atomic E-state index is 0.191. The zero-order chi connectivity index (χ0) is 29.8. The number of aliphatic hydroxyl groups is 1. The third-order valence-corrected chi connectivity index (χ3v) is 8.03. The van der Waals surface area contributed by atoms with Crippen molar-refractivity contribution < 1.29 is 19.1 Å². The van der Waals surface area contributed by atoms with Crippen molar-refractivity contribution in [2.24, 2.45) is 10.7 Å². The number of benzene rings is 1. The number of anilines is 1. The number of aryl methyl sites for hydroxylation is 2. The van der Waals surface area contributed by atoms with Gasteiger partial charge in [0.25, 0.3) is 0 Å². The number of ether oxygens (including phenoxy) is 2. The Bertz CT molecular complexity index is 1460. The van der Waals surface area contributed by atoms with Crippen molar-refractivity contribution in [3.63, 3.8) is 0 Å². The molecule has 1 atom stereocenters. The van der Waals surface area contributed by atoms with Crippen LogP contribution in [0.1, 0.15) is 49.6 Å². The summed E-state index contributed by atoms with van der Waals surface area (Å²) < 4.78 is 16.9. The molecule has 0 radical (unpaired) electrons. The van der Waals surface area contributed by atoms with Gasteiger partial charge in [-0.15, -0.1) is 0 Å². The summed E-state index contributed by atoms with van der Waals surface area (Å²) in [5, 5.41) is 14.8. The van der Waals surface area contributed by atoms with Gasteiger partial charge in [0, 0.05) is 48.4 Å². The van der Waals surface area contributed by atoms with Crippen LogP contribution in [0.3, 0.4) is 0 Å². The van der Waals surface area contributed by atoms with Gasteiger partial charge in [0.2, 0.25) is 0 Å². The van der Waals surface area contributed by atoms with Crippen molar-refractivity contribution >= 4 is 23.6 Å². The van der Waals surface area contributed by atoms with Crippen molar-refractivity contribution in [1.29, 1.82) is 0 Å². The number of aliphatic hydroxyl groups excluding tert-OH is 1. The molecule has 0 saturated carbocycles. The summed E-state index contributed by atoms with van der Waals surface area (Å²) in [7, 11) is 0. The first-order chi connectivity index (χ1) is 20.2. The number of hydrogen-bond donors (Lipinski definition) is 2. The van der Waals surface area contributed by atoms with Gasteiger partial charge in [-0.2, -0.15) is 0 Å². The van der Waals surface area contributed by atoms with E-state index in [4.69, 9.17) is 46.3 Å². The van der Waals surface area contributed by atoms with E-state index in [9.17, 15) is 5.11 Å². The highest BCUT2D eigenvalue weighted by Gasteiger charge is 2.27. The predicted octanol–water partition coefficient (Wildman–Crippen LogP) is 5.20. The minimum atomic E-state index is -0.542. The fraction of sp³-hybridized carbons (Fsp3) is 0.484. The van der Waals surface area contributed by atoms with Gasteiger partial charge >= 0.3 is 0 Å². The van der Waals surface area contributed by atoms with Crippen LogP contribution in [0, 0.1) is 20.8 Å². The molecular weight excluding hydrogens is 556 g/mol. The molecule has 1 fully saturated rings. The number of hydrogen-bond acceptors (Lipinski definition) is 10. The highest BCUT2D eigenvalue weighted by atomic mass is 35.5. The van der Waals surface area contributed by atoms with Crippen LogP contribution in [0.25, 0.3) is 22.6 Å². The SMILES string of the molecule is CCC[C@@H](O)COc1ccc(Cl)c(-c2nc(-c3c(C)noc3C)c(C)c(N3CC(N)=C(C=NC4CCOCC4)C3)n2)c1. The summed E-state index contributed by atoms with van der Waals surface area (Å²) in [6.07, 6.45) is 4.76. The van der Waals surface area contributed by atoms with E-state index in [1.54, 1.807) is 12.1 Å². The topological polar surface area (TPSA) is 132 Å². The zero-order valence-corrected chi connectivity index (χ0v) is 25.4. The molecule has 1 aromatic carbocycles. The Balaban J connectivity index is 1.51. The Morgan fingerprint density at radius 2 is 2.00 bits per heavy atom. The van der Waals surface area contributed by atoms with Gasteiger partial charge in [0.15, 0.2) is 5.82 Å². The van der Waals surface area contributed by atoms with Crippen LogP contribution in [0.15, 0.2) is 39.0 Å². The number of aromatic nitrogens is 3. The molecular formula is C31H39ClN6O4. The van der Waals surface area contributed by atoms with Gasteiger partial charge in [0.1, 0.15) is 23.9 Å². The molecule has 2 aliphatic rings. The lowest BCUT2D eigenvalue weighted by atomic mass is 10.0. The molecule has 10 nitrogen and oxygen atoms in total. The van der Waals surface area contributed by atoms with E-state index in [-0.39, 0.29) is 12.6 Å². The second-order valence-electron chi connectivity index (χ2n) is 11.0. The van der Waals surface area contributed by atoms with Gasteiger partial charge in [-0.05, 0) is 58.2 Å². The monoisotopic (exact) mass is 594 g/mol. The molecule has 3 aromatic rings. The predicted molar refractivity (Wildman–Crippen MR) is 164 cm³/mol. The molecule has 42 heavy (non-hydrogen) atoms. The van der Waals surface area contributed by atoms with Gasteiger partial charge in [-0.1, -0.05) is 30.1 Å². The molecule has 0 bridgehead atoms. The maximum absolute atomic E-state index is 10.2. The summed E-state index contributed by atoms with van der Waals surface area (Å²) in [6, 6.07) is 5.61. The molecule has 11 heteroatoms. The van der Waals surface area contributed by atoms with E-state index in [0.717, 1.165) is 72.1 Å². The van der Waals surface area contributed by atoms with Gasteiger partial charge in [-0.25, -0.2) is 9.97 Å². The highest BCUT2D eigenvalue weighted by Crippen LogP contribution is 2.38. The molecule has 2 aliphatic heterocycles. The Hall–Kier alpha value is -3.47. The van der Waals surface area contributed by atoms with Crippen LogP contribution in [-0.4, -0.2) is 71.5 Å². The van der Waals surface area contributed by atoms with E-state index in [2.05, 4.69) is 10.1 Å². The highest BCUT2D eigenvalue weighted by molar-refractivity contribution is 6.33. The maximum atomic E-state index is 10.2. The van der Waals surface area contributed by atoms with Gasteiger partial charge < -0.3 is 29.7 Å². The van der Waals surface area contributed by atoms with E-state index in [1.165, 1.54) is 0 Å². The standard InChI is InChI=1S/C31H39ClN6O4/c1-5-6-23(39)17-41-24-7-8-26(32)25(13-24)30-35-29(28-19(3)37-42-20(28)4)18(2)31(36-30)38-15-21(27(33)16-38)14-34-22-9-11-40-12-10-22/h7-8,13-14,22-23,39H,5-6,9-12,15-17,33H2,1-4H3/t23-/m1/s1. The Labute approximate surface area is 251 Å². The fourth-order valence-electron chi connectivity index (χ4n) is 5.35. The van der Waals surface area contributed by atoms with E-state index < -0.39 is 6.10 Å². The average Bonchev–Trinajstić information content (AvgIpc) is 3.52. The second-order valence-corrected chi connectivity index (χ2v) is 11.4. The van der Waals surface area contributed by atoms with E-state index >= 15 is 0 Å². The number of rotatable bonds is 10. The van der Waals surface area contributed by atoms with Crippen molar-refractivity contribution in [2.75, 3.05) is 37.8 Å². The fourth-order valence-corrected chi connectivity index (χ4v) is 5.55. The molecule has 0 spiro atoms. The van der Waals surface area contributed by atoms with Crippen LogP contribution < -0.4 is 15.4 Å². The van der Waals surface area contributed by atoms with Crippen molar-refractivity contribution in [1.82, 2.24) is 15.1 Å². The molecule has 224 valence electrons. The number of halogens is 1. The maximum Gasteiger partial charge on any atom is 0.163 e. The Morgan fingerprint density at radius 1 is 1.21 bits per heavy atom. The summed E-state index contributed by atoms with van der Waals surface area (Å²) >= 11 is 6.71. The van der Waals surface area contributed by atoms with Gasteiger partial charge in [0.05, 0.1) is 40.7 Å². The quantitative estimate of drug-likeness (QED) is 0.304. The Kier molecular flexibility index (Phi) is 9.45. The largest absolute Gasteiger partial charge is 0.491 e. The molecule has 2 aromatic heterocycles. The summed E-state index contributed by atoms with van der Waals surface area (Å²) in [4.78, 5) is 17.0. The first kappa shape index (κ1) is 30.0. The van der Waals surface area contributed by atoms with Crippen LogP contribution in [0.4, 0.5) is 5.82 Å². The molecule has 4 heterocycles. The van der Waals surface area contributed by atoms with Crippen LogP contribution in [-0.2, 0) is 4.74 Å². The number of nitrogens with two attached hydrogens (primary N) is 1.